The van der Waals surface area contributed by atoms with E-state index in [1.54, 1.807) is 0 Å². The van der Waals surface area contributed by atoms with Crippen LogP contribution in [0.5, 0.6) is 0 Å². The number of rotatable bonds is 4. The van der Waals surface area contributed by atoms with E-state index >= 15 is 0 Å². The fraction of sp³-hybridized carbons (Fsp3) is 0.647. The average molecular weight is 260 g/mol. The summed E-state index contributed by atoms with van der Waals surface area (Å²) in [5, 5.41) is 3.67. The van der Waals surface area contributed by atoms with E-state index in [0.717, 1.165) is 12.5 Å². The summed E-state index contributed by atoms with van der Waals surface area (Å²) in [6.45, 7) is 5.38. The summed E-state index contributed by atoms with van der Waals surface area (Å²) in [7, 11) is 0. The quantitative estimate of drug-likeness (QED) is 0.812. The van der Waals surface area contributed by atoms with Crippen molar-refractivity contribution >= 4 is 0 Å². The summed E-state index contributed by atoms with van der Waals surface area (Å²) in [4.78, 5) is 0. The van der Waals surface area contributed by atoms with Gasteiger partial charge in [0, 0.05) is 18.6 Å². The van der Waals surface area contributed by atoms with Gasteiger partial charge in [0.2, 0.25) is 0 Å². The highest BCUT2D eigenvalue weighted by Crippen LogP contribution is 2.23. The zero-order valence-corrected chi connectivity index (χ0v) is 12.4. The van der Waals surface area contributed by atoms with Crippen LogP contribution in [0, 0.1) is 12.8 Å². The van der Waals surface area contributed by atoms with Gasteiger partial charge in [0.25, 0.3) is 0 Å². The largest absolute Gasteiger partial charge is 0.323 e. The monoisotopic (exact) mass is 260 g/mol. The second-order valence-electron chi connectivity index (χ2n) is 6.24. The SMILES string of the molecule is Cc1ccc(C(N)CNC2CCCC(C)CC2)cc1. The third-order valence-corrected chi connectivity index (χ3v) is 4.39. The van der Waals surface area contributed by atoms with Crippen LogP contribution in [0.15, 0.2) is 24.3 Å². The maximum absolute atomic E-state index is 6.27. The lowest BCUT2D eigenvalue weighted by Crippen LogP contribution is -2.35. The lowest BCUT2D eigenvalue weighted by Gasteiger charge is -2.20. The number of hydrogen-bond donors (Lipinski definition) is 2. The Morgan fingerprint density at radius 2 is 1.89 bits per heavy atom. The first-order valence-electron chi connectivity index (χ1n) is 7.70. The van der Waals surface area contributed by atoms with Crippen LogP contribution in [0.1, 0.15) is 56.2 Å². The molecule has 19 heavy (non-hydrogen) atoms. The number of hydrogen-bond acceptors (Lipinski definition) is 2. The molecule has 0 heterocycles. The molecule has 0 aliphatic heterocycles. The Bertz CT molecular complexity index is 371. The molecule has 3 unspecified atom stereocenters. The van der Waals surface area contributed by atoms with Crippen LogP contribution in [-0.4, -0.2) is 12.6 Å². The van der Waals surface area contributed by atoms with E-state index in [0.29, 0.717) is 6.04 Å². The Labute approximate surface area is 117 Å². The molecule has 1 aromatic carbocycles. The summed E-state index contributed by atoms with van der Waals surface area (Å²) in [5.41, 5.74) is 8.80. The maximum atomic E-state index is 6.27. The summed E-state index contributed by atoms with van der Waals surface area (Å²) >= 11 is 0. The van der Waals surface area contributed by atoms with Crippen LogP contribution in [-0.2, 0) is 0 Å². The molecular formula is C17H28N2. The fourth-order valence-electron chi connectivity index (χ4n) is 2.92. The zero-order chi connectivity index (χ0) is 13.7. The van der Waals surface area contributed by atoms with Crippen molar-refractivity contribution in [2.45, 2.75) is 58.0 Å². The highest BCUT2D eigenvalue weighted by molar-refractivity contribution is 5.24. The van der Waals surface area contributed by atoms with Gasteiger partial charge in [-0.1, -0.05) is 49.6 Å². The molecule has 0 spiro atoms. The van der Waals surface area contributed by atoms with E-state index in [2.05, 4.69) is 43.4 Å². The van der Waals surface area contributed by atoms with Crippen molar-refractivity contribution in [1.29, 1.82) is 0 Å². The lowest BCUT2D eigenvalue weighted by molar-refractivity contribution is 0.433. The first-order chi connectivity index (χ1) is 9.15. The molecule has 1 aliphatic rings. The number of benzene rings is 1. The van der Waals surface area contributed by atoms with Crippen LogP contribution < -0.4 is 11.1 Å². The Morgan fingerprint density at radius 1 is 1.16 bits per heavy atom. The third kappa shape index (κ3) is 4.63. The predicted octanol–water partition coefficient (Wildman–Crippen LogP) is 3.55. The second kappa shape index (κ2) is 7.06. The molecule has 1 aromatic rings. The highest BCUT2D eigenvalue weighted by Gasteiger charge is 2.16. The van der Waals surface area contributed by atoms with Crippen molar-refractivity contribution in [2.24, 2.45) is 11.7 Å². The Balaban J connectivity index is 1.79. The van der Waals surface area contributed by atoms with E-state index < -0.39 is 0 Å². The van der Waals surface area contributed by atoms with Gasteiger partial charge >= 0.3 is 0 Å². The van der Waals surface area contributed by atoms with E-state index in [1.165, 1.54) is 43.2 Å². The van der Waals surface area contributed by atoms with Gasteiger partial charge < -0.3 is 11.1 Å². The second-order valence-corrected chi connectivity index (χ2v) is 6.24. The third-order valence-electron chi connectivity index (χ3n) is 4.39. The first kappa shape index (κ1) is 14.5. The molecule has 1 fully saturated rings. The first-order valence-corrected chi connectivity index (χ1v) is 7.70. The van der Waals surface area contributed by atoms with Crippen molar-refractivity contribution in [3.8, 4) is 0 Å². The highest BCUT2D eigenvalue weighted by atomic mass is 14.9. The van der Waals surface area contributed by atoms with Gasteiger partial charge in [-0.3, -0.25) is 0 Å². The number of nitrogens with one attached hydrogen (secondary N) is 1. The minimum Gasteiger partial charge on any atom is -0.323 e. The molecule has 0 radical (unpaired) electrons. The molecule has 2 rings (SSSR count). The van der Waals surface area contributed by atoms with E-state index in [1.807, 2.05) is 0 Å². The topological polar surface area (TPSA) is 38.0 Å². The lowest BCUT2D eigenvalue weighted by atomic mass is 10.0. The summed E-state index contributed by atoms with van der Waals surface area (Å²) in [6.07, 6.45) is 6.73. The van der Waals surface area contributed by atoms with Gasteiger partial charge in [-0.05, 0) is 37.7 Å². The molecule has 0 bridgehead atoms. The van der Waals surface area contributed by atoms with Gasteiger partial charge in [0.05, 0.1) is 0 Å². The van der Waals surface area contributed by atoms with Crippen LogP contribution in [0.4, 0.5) is 0 Å². The van der Waals surface area contributed by atoms with E-state index in [-0.39, 0.29) is 6.04 Å². The molecule has 0 amide bonds. The van der Waals surface area contributed by atoms with Crippen LogP contribution in [0.3, 0.4) is 0 Å². The van der Waals surface area contributed by atoms with Crippen LogP contribution >= 0.6 is 0 Å². The maximum Gasteiger partial charge on any atom is 0.0421 e. The standard InChI is InChI=1S/C17H28N2/c1-13-4-3-5-16(11-8-13)19-12-17(18)15-9-6-14(2)7-10-15/h6-7,9-10,13,16-17,19H,3-5,8,11-12,18H2,1-2H3. The van der Waals surface area contributed by atoms with Crippen molar-refractivity contribution in [3.63, 3.8) is 0 Å². The Morgan fingerprint density at radius 3 is 2.63 bits per heavy atom. The molecule has 0 aromatic heterocycles. The van der Waals surface area contributed by atoms with Gasteiger partial charge in [0.15, 0.2) is 0 Å². The Hall–Kier alpha value is -0.860. The van der Waals surface area contributed by atoms with Crippen LogP contribution in [0.25, 0.3) is 0 Å². The van der Waals surface area contributed by atoms with Crippen molar-refractivity contribution in [3.05, 3.63) is 35.4 Å². The minimum atomic E-state index is 0.112. The Kier molecular flexibility index (Phi) is 5.41. The van der Waals surface area contributed by atoms with Gasteiger partial charge in [0.1, 0.15) is 0 Å². The summed E-state index contributed by atoms with van der Waals surface area (Å²) in [5.74, 6) is 0.901. The predicted molar refractivity (Wildman–Crippen MR) is 82.1 cm³/mol. The molecule has 3 atom stereocenters. The van der Waals surface area contributed by atoms with Crippen molar-refractivity contribution in [1.82, 2.24) is 5.32 Å². The van der Waals surface area contributed by atoms with Gasteiger partial charge in [-0.25, -0.2) is 0 Å². The minimum absolute atomic E-state index is 0.112. The zero-order valence-electron chi connectivity index (χ0n) is 12.4. The smallest absolute Gasteiger partial charge is 0.0421 e. The number of aryl methyl sites for hydroxylation is 1. The van der Waals surface area contributed by atoms with Crippen LogP contribution in [0.2, 0.25) is 0 Å². The van der Waals surface area contributed by atoms with Gasteiger partial charge in [-0.2, -0.15) is 0 Å². The fourth-order valence-corrected chi connectivity index (χ4v) is 2.92. The summed E-state index contributed by atoms with van der Waals surface area (Å²) < 4.78 is 0. The molecule has 1 aliphatic carbocycles. The van der Waals surface area contributed by atoms with Gasteiger partial charge in [-0.15, -0.1) is 0 Å². The average Bonchev–Trinajstić information content (AvgIpc) is 2.61. The summed E-state index contributed by atoms with van der Waals surface area (Å²) in [6, 6.07) is 9.36. The van der Waals surface area contributed by atoms with E-state index in [9.17, 15) is 0 Å². The molecular weight excluding hydrogens is 232 g/mol. The number of nitrogens with two attached hydrogens (primary N) is 1. The molecule has 0 saturated heterocycles. The van der Waals surface area contributed by atoms with Crippen molar-refractivity contribution < 1.29 is 0 Å². The molecule has 106 valence electrons. The van der Waals surface area contributed by atoms with Crippen molar-refractivity contribution in [2.75, 3.05) is 6.54 Å². The normalized spacial score (nSPS) is 25.8. The molecule has 1 saturated carbocycles. The molecule has 2 nitrogen and oxygen atoms in total. The molecule has 3 N–H and O–H groups in total. The molecule has 2 heteroatoms. The van der Waals surface area contributed by atoms with E-state index in [4.69, 9.17) is 5.73 Å².